The third-order valence-corrected chi connectivity index (χ3v) is 5.71. The number of benzene rings is 2. The van der Waals surface area contributed by atoms with Crippen molar-refractivity contribution in [2.24, 2.45) is 10.7 Å². The first kappa shape index (κ1) is 27.7. The first-order chi connectivity index (χ1) is 17.1. The van der Waals surface area contributed by atoms with E-state index in [-0.39, 0.29) is 5.57 Å². The van der Waals surface area contributed by atoms with E-state index in [0.29, 0.717) is 28.6 Å². The van der Waals surface area contributed by atoms with E-state index in [4.69, 9.17) is 22.1 Å². The number of nitrogens with two attached hydrogens (primary N) is 1. The van der Waals surface area contributed by atoms with Crippen LogP contribution in [-0.4, -0.2) is 12.8 Å². The van der Waals surface area contributed by atoms with Gasteiger partial charge in [0.15, 0.2) is 0 Å². The Bertz CT molecular complexity index is 1070. The van der Waals surface area contributed by atoms with Crippen molar-refractivity contribution in [1.82, 2.24) is 0 Å². The molecule has 2 rings (SSSR count). The maximum atomic E-state index is 9.18. The van der Waals surface area contributed by atoms with E-state index >= 15 is 0 Å². The maximum absolute atomic E-state index is 9.18. The quantitative estimate of drug-likeness (QED) is 0.126. The average molecular weight is 489 g/mol. The van der Waals surface area contributed by atoms with E-state index in [1.54, 1.807) is 30.5 Å². The lowest BCUT2D eigenvalue weighted by Gasteiger charge is -2.09. The van der Waals surface area contributed by atoms with Crippen LogP contribution in [0.3, 0.4) is 0 Å². The van der Waals surface area contributed by atoms with Gasteiger partial charge < -0.3 is 10.5 Å². The molecule has 2 aromatic rings. The number of allylic oxidation sites excluding steroid dienone is 3. The van der Waals surface area contributed by atoms with Crippen molar-refractivity contribution in [2.45, 2.75) is 58.3 Å². The summed E-state index contributed by atoms with van der Waals surface area (Å²) in [5.74, 6) is 0.783. The Morgan fingerprint density at radius 3 is 2.11 bits per heavy atom. The highest BCUT2D eigenvalue weighted by Gasteiger charge is 2.06. The molecule has 0 bridgehead atoms. The molecule has 0 fully saturated rings. The molecule has 0 radical (unpaired) electrons. The topological polar surface area (TPSA) is 95.2 Å². The molecule has 0 saturated heterocycles. The van der Waals surface area contributed by atoms with Crippen LogP contribution in [0.2, 0.25) is 5.02 Å². The Kier molecular flexibility index (Phi) is 12.8. The van der Waals surface area contributed by atoms with Gasteiger partial charge in [0.1, 0.15) is 23.5 Å². The van der Waals surface area contributed by atoms with Gasteiger partial charge in [0.05, 0.1) is 12.3 Å². The van der Waals surface area contributed by atoms with Gasteiger partial charge in [0.25, 0.3) is 0 Å². The van der Waals surface area contributed by atoms with Gasteiger partial charge in [0.2, 0.25) is 0 Å². The van der Waals surface area contributed by atoms with Crippen LogP contribution in [0.5, 0.6) is 5.75 Å². The van der Waals surface area contributed by atoms with Crippen molar-refractivity contribution in [3.05, 3.63) is 76.3 Å². The summed E-state index contributed by atoms with van der Waals surface area (Å²) < 4.78 is 5.87. The molecule has 0 aliphatic heterocycles. The van der Waals surface area contributed by atoms with Crippen LogP contribution in [0.4, 0.5) is 5.69 Å². The smallest absolute Gasteiger partial charge is 0.130 e. The number of unbranched alkanes of at least 4 members (excludes halogenated alkanes) is 7. The lowest BCUT2D eigenvalue weighted by Crippen LogP contribution is -2.03. The zero-order chi connectivity index (χ0) is 25.3. The van der Waals surface area contributed by atoms with Crippen LogP contribution in [0.1, 0.15) is 63.9 Å². The van der Waals surface area contributed by atoms with Gasteiger partial charge in [-0.1, -0.05) is 63.5 Å². The highest BCUT2D eigenvalue weighted by molar-refractivity contribution is 6.30. The molecule has 2 aromatic carbocycles. The van der Waals surface area contributed by atoms with Crippen molar-refractivity contribution < 1.29 is 4.74 Å². The molecule has 0 spiro atoms. The van der Waals surface area contributed by atoms with E-state index in [9.17, 15) is 10.5 Å². The summed E-state index contributed by atoms with van der Waals surface area (Å²) >= 11 is 5.93. The van der Waals surface area contributed by atoms with Crippen molar-refractivity contribution >= 4 is 29.2 Å². The summed E-state index contributed by atoms with van der Waals surface area (Å²) in [5, 5.41) is 19.0. The van der Waals surface area contributed by atoms with Gasteiger partial charge >= 0.3 is 0 Å². The van der Waals surface area contributed by atoms with Gasteiger partial charge in [-0.3, -0.25) is 4.99 Å². The summed E-state index contributed by atoms with van der Waals surface area (Å²) in [4.78, 5) is 4.41. The number of hydrogen-bond acceptors (Lipinski definition) is 5. The van der Waals surface area contributed by atoms with E-state index in [0.717, 1.165) is 17.7 Å². The van der Waals surface area contributed by atoms with Crippen LogP contribution in [-0.2, 0) is 0 Å². The number of rotatable bonds is 14. The predicted molar refractivity (Wildman–Crippen MR) is 145 cm³/mol. The van der Waals surface area contributed by atoms with Crippen LogP contribution >= 0.6 is 11.6 Å². The molecular weight excluding hydrogens is 456 g/mol. The van der Waals surface area contributed by atoms with Crippen LogP contribution < -0.4 is 10.5 Å². The van der Waals surface area contributed by atoms with E-state index < -0.39 is 0 Å². The molecule has 6 heteroatoms. The minimum absolute atomic E-state index is 0.0594. The zero-order valence-corrected chi connectivity index (χ0v) is 21.1. The average Bonchev–Trinajstić information content (AvgIpc) is 2.89. The van der Waals surface area contributed by atoms with Gasteiger partial charge in [-0.05, 0) is 66.6 Å². The second-order valence-corrected chi connectivity index (χ2v) is 8.67. The molecule has 0 amide bonds. The third kappa shape index (κ3) is 10.5. The molecule has 2 N–H and O–H groups in total. The predicted octanol–water partition coefficient (Wildman–Crippen LogP) is 7.91. The van der Waals surface area contributed by atoms with Crippen molar-refractivity contribution in [3.8, 4) is 17.9 Å². The monoisotopic (exact) mass is 488 g/mol. The number of ether oxygens (including phenoxy) is 1. The van der Waals surface area contributed by atoms with E-state index in [1.807, 2.05) is 36.4 Å². The number of aliphatic imine (C=N–C) groups is 1. The molecule has 0 aliphatic rings. The fraction of sp³-hybridized carbons (Fsp3) is 0.345. The zero-order valence-electron chi connectivity index (χ0n) is 20.3. The summed E-state index contributed by atoms with van der Waals surface area (Å²) in [5.41, 5.74) is 8.62. The summed E-state index contributed by atoms with van der Waals surface area (Å²) in [6, 6.07) is 18.2. The minimum atomic E-state index is -0.0594. The molecule has 0 unspecified atom stereocenters. The molecule has 0 aliphatic carbocycles. The third-order valence-electron chi connectivity index (χ3n) is 5.46. The summed E-state index contributed by atoms with van der Waals surface area (Å²) in [6.07, 6.45) is 13.1. The molecule has 0 heterocycles. The molecular formula is C29H33ClN4O. The summed E-state index contributed by atoms with van der Waals surface area (Å²) in [6.45, 7) is 2.93. The van der Waals surface area contributed by atoms with Gasteiger partial charge in [-0.2, -0.15) is 10.5 Å². The molecule has 35 heavy (non-hydrogen) atoms. The highest BCUT2D eigenvalue weighted by atomic mass is 35.5. The van der Waals surface area contributed by atoms with Gasteiger partial charge in [-0.25, -0.2) is 0 Å². The number of hydrogen-bond donors (Lipinski definition) is 1. The van der Waals surface area contributed by atoms with Crippen LogP contribution in [0.25, 0.3) is 5.70 Å². The Hall–Kier alpha value is -3.54. The summed E-state index contributed by atoms with van der Waals surface area (Å²) in [7, 11) is 0. The van der Waals surface area contributed by atoms with E-state index in [2.05, 4.69) is 11.9 Å². The lowest BCUT2D eigenvalue weighted by atomic mass is 10.1. The second kappa shape index (κ2) is 16.1. The lowest BCUT2D eigenvalue weighted by molar-refractivity contribution is 0.304. The number of nitrogens with zero attached hydrogens (tertiary/aromatic N) is 3. The van der Waals surface area contributed by atoms with E-state index in [1.165, 1.54) is 51.0 Å². The minimum Gasteiger partial charge on any atom is -0.494 e. The van der Waals surface area contributed by atoms with Gasteiger partial charge in [0, 0.05) is 22.5 Å². The fourth-order valence-electron chi connectivity index (χ4n) is 3.42. The normalized spacial score (nSPS) is 11.4. The molecule has 0 atom stereocenters. The Labute approximate surface area is 214 Å². The molecule has 5 nitrogen and oxygen atoms in total. The molecule has 0 aromatic heterocycles. The Balaban J connectivity index is 2.02. The van der Waals surface area contributed by atoms with Crippen molar-refractivity contribution in [3.63, 3.8) is 0 Å². The molecule has 0 saturated carbocycles. The Morgan fingerprint density at radius 1 is 0.914 bits per heavy atom. The fourth-order valence-corrected chi connectivity index (χ4v) is 3.55. The Morgan fingerprint density at radius 2 is 1.51 bits per heavy atom. The largest absolute Gasteiger partial charge is 0.494 e. The number of nitriles is 2. The van der Waals surface area contributed by atoms with Crippen LogP contribution in [0.15, 0.2) is 70.7 Å². The highest BCUT2D eigenvalue weighted by Crippen LogP contribution is 2.21. The van der Waals surface area contributed by atoms with Crippen molar-refractivity contribution in [1.29, 1.82) is 10.5 Å². The first-order valence-electron chi connectivity index (χ1n) is 12.1. The van der Waals surface area contributed by atoms with Gasteiger partial charge in [-0.15, -0.1) is 0 Å². The maximum Gasteiger partial charge on any atom is 0.130 e. The molecule has 182 valence electrons. The van der Waals surface area contributed by atoms with Crippen molar-refractivity contribution in [2.75, 3.05) is 6.61 Å². The first-order valence-corrected chi connectivity index (χ1v) is 12.5. The standard InChI is InChI=1S/C29H33ClN4O/c1-2-3-4-5-6-7-8-9-18-35-28-16-10-24(11-17-28)29(33)25(19-23(20-31)21-32)22-34-27-14-12-26(30)13-15-27/h10-17,19,22H,2-9,18,33H2,1H3. The number of halogens is 1. The SMILES string of the molecule is CCCCCCCCCCOc1ccc(C(N)=C(C=Nc2ccc(Cl)cc2)C=C(C#N)C#N)cc1. The van der Waals surface area contributed by atoms with Crippen LogP contribution in [0, 0.1) is 22.7 Å². The second-order valence-electron chi connectivity index (χ2n) is 8.23.